The minimum absolute atomic E-state index is 0.127. The molecule has 2 aromatic rings. The molecule has 0 heterocycles. The van der Waals surface area contributed by atoms with E-state index in [1.54, 1.807) is 0 Å². The molecule has 7 heteroatoms. The number of carbonyl (C=O) groups excluding carboxylic acids is 2. The van der Waals surface area contributed by atoms with Crippen LogP contribution in [0.3, 0.4) is 0 Å². The van der Waals surface area contributed by atoms with Crippen LogP contribution in [0.2, 0.25) is 0 Å². The predicted octanol–water partition coefficient (Wildman–Crippen LogP) is 2.46. The highest BCUT2D eigenvalue weighted by atomic mass is 16.6. The summed E-state index contributed by atoms with van der Waals surface area (Å²) in [6.07, 6.45) is -0.401. The van der Waals surface area contributed by atoms with Crippen LogP contribution in [-0.4, -0.2) is 23.8 Å². The number of methoxy groups -OCH3 is 1. The topological polar surface area (TPSA) is 95.7 Å². The van der Waals surface area contributed by atoms with Crippen LogP contribution in [0.5, 0.6) is 5.75 Å². The van der Waals surface area contributed by atoms with Gasteiger partial charge in [-0.05, 0) is 17.7 Å². The molecule has 7 nitrogen and oxygen atoms in total. The number of ketones is 1. The van der Waals surface area contributed by atoms with Gasteiger partial charge in [0.05, 0.1) is 18.1 Å². The second kappa shape index (κ2) is 7.87. The molecule has 0 spiro atoms. The standard InChI is InChI=1S/C17H15NO6/c1-23-17(20)16(19)9-13-7-8-14(10-15(13)18(21)22)24-11-12-5-3-2-4-6-12/h2-8,10H,9,11H2,1H3. The number of hydrogen-bond acceptors (Lipinski definition) is 6. The van der Waals surface area contributed by atoms with Crippen molar-refractivity contribution in [2.45, 2.75) is 13.0 Å². The number of carbonyl (C=O) groups is 2. The van der Waals surface area contributed by atoms with Crippen molar-refractivity contribution in [1.82, 2.24) is 0 Å². The molecule has 0 aliphatic carbocycles. The number of Topliss-reactive ketones (excluding diaryl/α,β-unsaturated/α-hetero) is 1. The van der Waals surface area contributed by atoms with E-state index in [9.17, 15) is 19.7 Å². The molecule has 0 radical (unpaired) electrons. The molecule has 0 atom stereocenters. The third kappa shape index (κ3) is 4.39. The number of hydrogen-bond donors (Lipinski definition) is 0. The summed E-state index contributed by atoms with van der Waals surface area (Å²) in [7, 11) is 1.08. The first kappa shape index (κ1) is 17.1. The summed E-state index contributed by atoms with van der Waals surface area (Å²) in [6, 6.07) is 13.5. The van der Waals surface area contributed by atoms with Gasteiger partial charge < -0.3 is 9.47 Å². The van der Waals surface area contributed by atoms with Gasteiger partial charge in [-0.25, -0.2) is 4.79 Å². The smallest absolute Gasteiger partial charge is 0.374 e. The van der Waals surface area contributed by atoms with Crippen molar-refractivity contribution in [1.29, 1.82) is 0 Å². The lowest BCUT2D eigenvalue weighted by atomic mass is 10.1. The highest BCUT2D eigenvalue weighted by molar-refractivity contribution is 6.34. The zero-order valence-electron chi connectivity index (χ0n) is 12.9. The van der Waals surface area contributed by atoms with Crippen molar-refractivity contribution in [2.75, 3.05) is 7.11 Å². The fourth-order valence-corrected chi connectivity index (χ4v) is 2.05. The Labute approximate surface area is 138 Å². The second-order valence-electron chi connectivity index (χ2n) is 4.91. The molecular formula is C17H15NO6. The fraction of sp³-hybridized carbons (Fsp3) is 0.176. The number of rotatable bonds is 7. The highest BCUT2D eigenvalue weighted by Gasteiger charge is 2.22. The summed E-state index contributed by atoms with van der Waals surface area (Å²) >= 11 is 0. The summed E-state index contributed by atoms with van der Waals surface area (Å²) in [5.74, 6) is -1.58. The van der Waals surface area contributed by atoms with E-state index < -0.39 is 23.1 Å². The number of nitrogens with zero attached hydrogens (tertiary/aromatic N) is 1. The number of esters is 1. The summed E-state index contributed by atoms with van der Waals surface area (Å²) in [6.45, 7) is 0.262. The van der Waals surface area contributed by atoms with Gasteiger partial charge in [0.2, 0.25) is 5.78 Å². The molecule has 124 valence electrons. The van der Waals surface area contributed by atoms with Crippen LogP contribution < -0.4 is 4.74 Å². The summed E-state index contributed by atoms with van der Waals surface area (Å²) < 4.78 is 9.84. The van der Waals surface area contributed by atoms with Gasteiger partial charge in [-0.15, -0.1) is 0 Å². The summed E-state index contributed by atoms with van der Waals surface area (Å²) in [5.41, 5.74) is 0.769. The highest BCUT2D eigenvalue weighted by Crippen LogP contribution is 2.26. The number of benzene rings is 2. The number of nitro benzene ring substituents is 1. The maximum Gasteiger partial charge on any atom is 0.374 e. The normalized spacial score (nSPS) is 10.0. The Morgan fingerprint density at radius 2 is 1.83 bits per heavy atom. The molecule has 0 fully saturated rings. The van der Waals surface area contributed by atoms with E-state index in [1.165, 1.54) is 18.2 Å². The van der Waals surface area contributed by atoms with Crippen molar-refractivity contribution in [2.24, 2.45) is 0 Å². The van der Waals surface area contributed by atoms with Crippen LogP contribution in [0, 0.1) is 10.1 Å². The molecule has 0 aliphatic heterocycles. The van der Waals surface area contributed by atoms with E-state index >= 15 is 0 Å². The van der Waals surface area contributed by atoms with Gasteiger partial charge in [0, 0.05) is 12.0 Å². The minimum atomic E-state index is -1.03. The van der Waals surface area contributed by atoms with Crippen molar-refractivity contribution < 1.29 is 24.0 Å². The maximum absolute atomic E-state index is 11.6. The summed E-state index contributed by atoms with van der Waals surface area (Å²) in [5, 5.41) is 11.2. The molecule has 24 heavy (non-hydrogen) atoms. The van der Waals surface area contributed by atoms with Gasteiger partial charge >= 0.3 is 5.97 Å². The Balaban J connectivity index is 2.15. The number of ether oxygens (including phenoxy) is 2. The van der Waals surface area contributed by atoms with E-state index in [-0.39, 0.29) is 17.9 Å². The third-order valence-electron chi connectivity index (χ3n) is 3.27. The molecule has 0 aromatic heterocycles. The molecule has 2 aromatic carbocycles. The van der Waals surface area contributed by atoms with E-state index in [4.69, 9.17) is 4.74 Å². The van der Waals surface area contributed by atoms with Gasteiger partial charge in [-0.1, -0.05) is 30.3 Å². The summed E-state index contributed by atoms with van der Waals surface area (Å²) in [4.78, 5) is 33.3. The average molecular weight is 329 g/mol. The van der Waals surface area contributed by atoms with Crippen LogP contribution in [0.25, 0.3) is 0 Å². The van der Waals surface area contributed by atoms with Crippen molar-refractivity contribution in [3.63, 3.8) is 0 Å². The lowest BCUT2D eigenvalue weighted by molar-refractivity contribution is -0.385. The van der Waals surface area contributed by atoms with Crippen molar-refractivity contribution >= 4 is 17.4 Å². The first-order valence-electron chi connectivity index (χ1n) is 7.06. The molecule has 0 saturated heterocycles. The Hall–Kier alpha value is -3.22. The molecular weight excluding hydrogens is 314 g/mol. The van der Waals surface area contributed by atoms with Crippen LogP contribution >= 0.6 is 0 Å². The minimum Gasteiger partial charge on any atom is -0.489 e. The first-order chi connectivity index (χ1) is 11.5. The molecule has 0 amide bonds. The largest absolute Gasteiger partial charge is 0.489 e. The predicted molar refractivity (Wildman–Crippen MR) is 84.6 cm³/mol. The van der Waals surface area contributed by atoms with Crippen molar-refractivity contribution in [3.8, 4) is 5.75 Å². The Morgan fingerprint density at radius 1 is 1.12 bits per heavy atom. The van der Waals surface area contributed by atoms with Gasteiger partial charge in [0.1, 0.15) is 12.4 Å². The lowest BCUT2D eigenvalue weighted by Crippen LogP contribution is -2.18. The van der Waals surface area contributed by atoms with E-state index in [2.05, 4.69) is 4.74 Å². The van der Waals surface area contributed by atoms with E-state index in [0.717, 1.165) is 12.7 Å². The zero-order chi connectivity index (χ0) is 17.5. The van der Waals surface area contributed by atoms with Crippen LogP contribution in [0.15, 0.2) is 48.5 Å². The van der Waals surface area contributed by atoms with Crippen LogP contribution in [0.1, 0.15) is 11.1 Å². The van der Waals surface area contributed by atoms with Gasteiger partial charge in [0.25, 0.3) is 5.69 Å². The fourth-order valence-electron chi connectivity index (χ4n) is 2.05. The quantitative estimate of drug-likeness (QED) is 0.335. The van der Waals surface area contributed by atoms with Gasteiger partial charge in [-0.2, -0.15) is 0 Å². The lowest BCUT2D eigenvalue weighted by Gasteiger charge is -2.08. The average Bonchev–Trinajstić information content (AvgIpc) is 2.60. The van der Waals surface area contributed by atoms with Gasteiger partial charge in [-0.3, -0.25) is 14.9 Å². The molecule has 0 saturated carbocycles. The monoisotopic (exact) mass is 329 g/mol. The number of nitro groups is 1. The Morgan fingerprint density at radius 3 is 2.46 bits per heavy atom. The van der Waals surface area contributed by atoms with Crippen molar-refractivity contribution in [3.05, 3.63) is 69.8 Å². The SMILES string of the molecule is COC(=O)C(=O)Cc1ccc(OCc2ccccc2)cc1[N+](=O)[O-]. The van der Waals surface area contributed by atoms with Crippen LogP contribution in [-0.2, 0) is 27.4 Å². The molecule has 2 rings (SSSR count). The molecule has 0 unspecified atom stereocenters. The van der Waals surface area contributed by atoms with E-state index in [1.807, 2.05) is 30.3 Å². The first-order valence-corrected chi connectivity index (χ1v) is 7.06. The van der Waals surface area contributed by atoms with Gasteiger partial charge in [0.15, 0.2) is 0 Å². The van der Waals surface area contributed by atoms with Crippen LogP contribution in [0.4, 0.5) is 5.69 Å². The molecule has 0 bridgehead atoms. The maximum atomic E-state index is 11.6. The Bertz CT molecular complexity index is 757. The zero-order valence-corrected chi connectivity index (χ0v) is 12.9. The van der Waals surface area contributed by atoms with E-state index in [0.29, 0.717) is 5.75 Å². The molecule has 0 N–H and O–H groups in total. The Kier molecular flexibility index (Phi) is 5.62. The third-order valence-corrected chi connectivity index (χ3v) is 3.27. The molecule has 0 aliphatic rings. The second-order valence-corrected chi connectivity index (χ2v) is 4.91.